The van der Waals surface area contributed by atoms with Crippen LogP contribution in [-0.2, 0) is 7.05 Å². The first-order valence-corrected chi connectivity index (χ1v) is 5.67. The second kappa shape index (κ2) is 3.47. The highest BCUT2D eigenvalue weighted by molar-refractivity contribution is 5.84. The summed E-state index contributed by atoms with van der Waals surface area (Å²) in [5, 5.41) is 5.41. The van der Waals surface area contributed by atoms with Crippen LogP contribution >= 0.6 is 0 Å². The number of hydrogen-bond donors (Lipinski definition) is 0. The highest BCUT2D eigenvalue weighted by Gasteiger charge is 2.22. The maximum absolute atomic E-state index is 5.84. The van der Waals surface area contributed by atoms with Gasteiger partial charge in [-0.15, -0.1) is 0 Å². The number of fused-ring (bicyclic) bond motifs is 1. The Morgan fingerprint density at radius 3 is 3.06 bits per heavy atom. The summed E-state index contributed by atoms with van der Waals surface area (Å²) in [5.74, 6) is 1.68. The molecule has 1 aliphatic rings. The Morgan fingerprint density at radius 2 is 2.31 bits per heavy atom. The number of aromatic nitrogens is 3. The summed E-state index contributed by atoms with van der Waals surface area (Å²) in [7, 11) is 1.91. The first kappa shape index (κ1) is 9.63. The molecule has 3 rings (SSSR count). The molecule has 1 aliphatic carbocycles. The van der Waals surface area contributed by atoms with Crippen molar-refractivity contribution in [3.8, 4) is 5.75 Å². The summed E-state index contributed by atoms with van der Waals surface area (Å²) in [4.78, 5) is 4.33. The lowest BCUT2D eigenvalue weighted by atomic mass is 10.2. The predicted molar refractivity (Wildman–Crippen MR) is 61.5 cm³/mol. The van der Waals surface area contributed by atoms with Crippen LogP contribution in [0.5, 0.6) is 5.75 Å². The zero-order valence-corrected chi connectivity index (χ0v) is 9.60. The molecule has 0 aromatic carbocycles. The summed E-state index contributed by atoms with van der Waals surface area (Å²) in [6, 6.07) is 1.93. The van der Waals surface area contributed by atoms with Crippen LogP contribution in [0.1, 0.15) is 18.5 Å². The van der Waals surface area contributed by atoms with E-state index in [1.807, 2.05) is 20.0 Å². The van der Waals surface area contributed by atoms with Gasteiger partial charge in [0.2, 0.25) is 0 Å². The first-order valence-electron chi connectivity index (χ1n) is 5.67. The van der Waals surface area contributed by atoms with Gasteiger partial charge in [0.1, 0.15) is 5.75 Å². The number of aryl methyl sites for hydroxylation is 2. The molecule has 0 radical (unpaired) electrons. The van der Waals surface area contributed by atoms with Gasteiger partial charge in [-0.25, -0.2) is 4.98 Å². The molecule has 4 nitrogen and oxygen atoms in total. The van der Waals surface area contributed by atoms with Crippen LogP contribution < -0.4 is 4.74 Å². The van der Waals surface area contributed by atoms with E-state index < -0.39 is 0 Å². The van der Waals surface area contributed by atoms with Crippen molar-refractivity contribution in [3.05, 3.63) is 18.0 Å². The van der Waals surface area contributed by atoms with Gasteiger partial charge in [0.05, 0.1) is 17.7 Å². The van der Waals surface area contributed by atoms with E-state index in [0.29, 0.717) is 0 Å². The van der Waals surface area contributed by atoms with Crippen molar-refractivity contribution in [1.82, 2.24) is 14.8 Å². The third-order valence-electron chi connectivity index (χ3n) is 3.03. The summed E-state index contributed by atoms with van der Waals surface area (Å²) >= 11 is 0. The maximum atomic E-state index is 5.84. The fourth-order valence-corrected chi connectivity index (χ4v) is 1.95. The topological polar surface area (TPSA) is 39.9 Å². The number of hydrogen-bond acceptors (Lipinski definition) is 3. The van der Waals surface area contributed by atoms with Crippen LogP contribution in [0.4, 0.5) is 0 Å². The highest BCUT2D eigenvalue weighted by atomic mass is 16.5. The molecule has 0 aliphatic heterocycles. The minimum atomic E-state index is 0.764. The number of nitrogens with zero attached hydrogens (tertiary/aromatic N) is 3. The second-order valence-corrected chi connectivity index (χ2v) is 4.47. The molecular formula is C12H15N3O. The van der Waals surface area contributed by atoms with Crippen LogP contribution in [0.2, 0.25) is 0 Å². The maximum Gasteiger partial charge on any atom is 0.161 e. The van der Waals surface area contributed by atoms with Crippen molar-refractivity contribution >= 4 is 11.0 Å². The van der Waals surface area contributed by atoms with Gasteiger partial charge in [-0.05, 0) is 31.7 Å². The van der Waals surface area contributed by atoms with E-state index in [4.69, 9.17) is 4.74 Å². The summed E-state index contributed by atoms with van der Waals surface area (Å²) in [6.45, 7) is 2.82. The van der Waals surface area contributed by atoms with Gasteiger partial charge in [0, 0.05) is 13.2 Å². The average Bonchev–Trinajstić information content (AvgIpc) is 3.04. The summed E-state index contributed by atoms with van der Waals surface area (Å²) in [5.41, 5.74) is 1.88. The van der Waals surface area contributed by atoms with Gasteiger partial charge in [-0.3, -0.25) is 4.68 Å². The zero-order valence-electron chi connectivity index (χ0n) is 9.60. The lowest BCUT2D eigenvalue weighted by Crippen LogP contribution is -2.00. The molecule has 1 saturated carbocycles. The van der Waals surface area contributed by atoms with Crippen LogP contribution in [0.25, 0.3) is 11.0 Å². The van der Waals surface area contributed by atoms with Crippen molar-refractivity contribution in [3.63, 3.8) is 0 Å². The van der Waals surface area contributed by atoms with Crippen LogP contribution in [0.3, 0.4) is 0 Å². The third kappa shape index (κ3) is 1.54. The monoisotopic (exact) mass is 217 g/mol. The van der Waals surface area contributed by atoms with E-state index in [1.165, 1.54) is 12.8 Å². The van der Waals surface area contributed by atoms with Gasteiger partial charge in [0.15, 0.2) is 5.65 Å². The van der Waals surface area contributed by atoms with E-state index in [9.17, 15) is 0 Å². The number of ether oxygens (including phenoxy) is 1. The molecule has 0 amide bonds. The van der Waals surface area contributed by atoms with Gasteiger partial charge < -0.3 is 4.74 Å². The molecule has 2 heterocycles. The third-order valence-corrected chi connectivity index (χ3v) is 3.03. The first-order chi connectivity index (χ1) is 7.75. The Kier molecular flexibility index (Phi) is 2.09. The van der Waals surface area contributed by atoms with E-state index in [0.717, 1.165) is 35.0 Å². The largest absolute Gasteiger partial charge is 0.492 e. The van der Waals surface area contributed by atoms with Gasteiger partial charge >= 0.3 is 0 Å². The smallest absolute Gasteiger partial charge is 0.161 e. The highest BCUT2D eigenvalue weighted by Crippen LogP contribution is 2.32. The van der Waals surface area contributed by atoms with Gasteiger partial charge in [-0.1, -0.05) is 0 Å². The van der Waals surface area contributed by atoms with E-state index in [2.05, 4.69) is 10.1 Å². The lowest BCUT2D eigenvalue weighted by molar-refractivity contribution is 0.303. The van der Waals surface area contributed by atoms with Crippen LogP contribution in [-0.4, -0.2) is 21.4 Å². The van der Waals surface area contributed by atoms with Crippen LogP contribution in [0, 0.1) is 12.8 Å². The van der Waals surface area contributed by atoms with Crippen molar-refractivity contribution in [1.29, 1.82) is 0 Å². The molecule has 0 N–H and O–H groups in total. The fraction of sp³-hybridized carbons (Fsp3) is 0.500. The standard InChI is InChI=1S/C12H15N3O/c1-8-11-10(16-7-9-3-4-9)5-6-13-12(11)15(2)14-8/h5-6,9H,3-4,7H2,1-2H3. The zero-order chi connectivity index (χ0) is 11.1. The molecule has 2 aromatic rings. The molecule has 1 fully saturated rings. The summed E-state index contributed by atoms with van der Waals surface area (Å²) < 4.78 is 7.64. The van der Waals surface area contributed by atoms with Gasteiger partial charge in [0.25, 0.3) is 0 Å². The minimum Gasteiger partial charge on any atom is -0.492 e. The molecule has 2 aromatic heterocycles. The molecule has 0 bridgehead atoms. The molecule has 4 heteroatoms. The van der Waals surface area contributed by atoms with Crippen LogP contribution in [0.15, 0.2) is 12.3 Å². The van der Waals surface area contributed by atoms with Crippen molar-refractivity contribution < 1.29 is 4.74 Å². The Balaban J connectivity index is 2.01. The molecule has 0 spiro atoms. The van der Waals surface area contributed by atoms with Crippen molar-refractivity contribution in [2.75, 3.05) is 6.61 Å². The quantitative estimate of drug-likeness (QED) is 0.790. The number of pyridine rings is 1. The van der Waals surface area contributed by atoms with Gasteiger partial charge in [-0.2, -0.15) is 5.10 Å². The Labute approximate surface area is 94.2 Å². The van der Waals surface area contributed by atoms with Crippen molar-refractivity contribution in [2.24, 2.45) is 13.0 Å². The van der Waals surface area contributed by atoms with E-state index in [-0.39, 0.29) is 0 Å². The molecule has 16 heavy (non-hydrogen) atoms. The Hall–Kier alpha value is -1.58. The SMILES string of the molecule is Cc1nn(C)c2nccc(OCC3CC3)c12. The summed E-state index contributed by atoms with van der Waals surface area (Å²) in [6.07, 6.45) is 4.40. The molecule has 0 atom stereocenters. The number of rotatable bonds is 3. The predicted octanol–water partition coefficient (Wildman–Crippen LogP) is 2.07. The molecule has 0 saturated heterocycles. The molecular weight excluding hydrogens is 202 g/mol. The molecule has 0 unspecified atom stereocenters. The second-order valence-electron chi connectivity index (χ2n) is 4.47. The Bertz CT molecular complexity index is 528. The Morgan fingerprint density at radius 1 is 1.50 bits per heavy atom. The minimum absolute atomic E-state index is 0.764. The average molecular weight is 217 g/mol. The normalized spacial score (nSPS) is 15.6. The van der Waals surface area contributed by atoms with Crippen molar-refractivity contribution in [2.45, 2.75) is 19.8 Å². The molecule has 84 valence electrons. The lowest BCUT2D eigenvalue weighted by Gasteiger charge is -2.06. The van der Waals surface area contributed by atoms with E-state index >= 15 is 0 Å². The fourth-order valence-electron chi connectivity index (χ4n) is 1.95. The van der Waals surface area contributed by atoms with E-state index in [1.54, 1.807) is 10.9 Å².